The number of aryl methyl sites for hydroxylation is 2. The zero-order valence-corrected chi connectivity index (χ0v) is 12.6. The summed E-state index contributed by atoms with van der Waals surface area (Å²) in [5.41, 5.74) is 5.51. The third-order valence-corrected chi connectivity index (χ3v) is 4.08. The normalized spacial score (nSPS) is 19.5. The molecule has 1 amide bonds. The predicted octanol–water partition coefficient (Wildman–Crippen LogP) is 0.837. The zero-order chi connectivity index (χ0) is 15.6. The first kappa shape index (κ1) is 15.4. The molecule has 0 aliphatic carbocycles. The van der Waals surface area contributed by atoms with E-state index >= 15 is 0 Å². The van der Waals surface area contributed by atoms with Crippen LogP contribution in [0.3, 0.4) is 0 Å². The van der Waals surface area contributed by atoms with E-state index < -0.39 is 5.54 Å². The third-order valence-electron chi connectivity index (χ3n) is 4.08. The molecule has 21 heavy (non-hydrogen) atoms. The number of hydrogen-bond acceptors (Lipinski definition) is 5. The Balaban J connectivity index is 2.23. The van der Waals surface area contributed by atoms with Gasteiger partial charge in [-0.2, -0.15) is 0 Å². The van der Waals surface area contributed by atoms with Crippen LogP contribution in [0.1, 0.15) is 34.7 Å². The molecule has 7 nitrogen and oxygen atoms in total. The summed E-state index contributed by atoms with van der Waals surface area (Å²) in [6.45, 7) is 5.06. The van der Waals surface area contributed by atoms with Crippen molar-refractivity contribution in [2.24, 2.45) is 10.9 Å². The number of carbonyl (C=O) groups is 1. The molecule has 116 valence electrons. The lowest BCUT2D eigenvalue weighted by molar-refractivity contribution is 0.0885. The molecule has 1 fully saturated rings. The molecule has 0 aromatic carbocycles. The summed E-state index contributed by atoms with van der Waals surface area (Å²) in [5.74, 6) is 1.02. The molecular formula is C14H22N4O3. The lowest BCUT2D eigenvalue weighted by Crippen LogP contribution is -2.62. The minimum absolute atomic E-state index is 0.0434. The van der Waals surface area contributed by atoms with Crippen molar-refractivity contribution in [1.82, 2.24) is 10.2 Å². The summed E-state index contributed by atoms with van der Waals surface area (Å²) >= 11 is 0. The van der Waals surface area contributed by atoms with Crippen LogP contribution in [0.4, 0.5) is 0 Å². The molecule has 1 aliphatic heterocycles. The molecule has 0 unspecified atom stereocenters. The number of hydrogen-bond donors (Lipinski definition) is 3. The van der Waals surface area contributed by atoms with E-state index in [2.05, 4.69) is 15.4 Å². The summed E-state index contributed by atoms with van der Waals surface area (Å²) in [5, 5.41) is 15.1. The fourth-order valence-corrected chi connectivity index (χ4v) is 2.68. The molecule has 0 atom stereocenters. The highest BCUT2D eigenvalue weighted by Crippen LogP contribution is 2.23. The van der Waals surface area contributed by atoms with Crippen molar-refractivity contribution in [1.29, 1.82) is 0 Å². The maximum atomic E-state index is 12.5. The number of amides is 1. The molecule has 2 rings (SSSR count). The number of likely N-dealkylation sites (tertiary alicyclic amines) is 1. The lowest BCUT2D eigenvalue weighted by atomic mass is 9.86. The van der Waals surface area contributed by atoms with Crippen molar-refractivity contribution < 1.29 is 14.4 Å². The van der Waals surface area contributed by atoms with E-state index in [0.717, 1.165) is 13.1 Å². The van der Waals surface area contributed by atoms with Gasteiger partial charge < -0.3 is 25.6 Å². The Bertz CT molecular complexity index is 557. The standard InChI is InChI=1S/C14H22N4O3/c1-9-8-11(10(2)21-9)12(19)16-14(13(15)17-20)4-6-18(3)7-5-14/h8,20H,4-7H2,1-3H3,(H2,15,17)(H,16,19). The van der Waals surface area contributed by atoms with Crippen LogP contribution in [-0.2, 0) is 0 Å². The van der Waals surface area contributed by atoms with E-state index in [-0.39, 0.29) is 11.7 Å². The van der Waals surface area contributed by atoms with Gasteiger partial charge in [0.1, 0.15) is 17.1 Å². The summed E-state index contributed by atoms with van der Waals surface area (Å²) < 4.78 is 5.38. The Morgan fingerprint density at radius 2 is 2.10 bits per heavy atom. The summed E-state index contributed by atoms with van der Waals surface area (Å²) in [7, 11) is 2.00. The molecule has 0 spiro atoms. The largest absolute Gasteiger partial charge is 0.466 e. The van der Waals surface area contributed by atoms with E-state index in [1.807, 2.05) is 7.05 Å². The highest BCUT2D eigenvalue weighted by atomic mass is 16.4. The van der Waals surface area contributed by atoms with Gasteiger partial charge in [0.05, 0.1) is 5.56 Å². The Morgan fingerprint density at radius 3 is 2.57 bits per heavy atom. The summed E-state index contributed by atoms with van der Waals surface area (Å²) in [4.78, 5) is 14.6. The minimum Gasteiger partial charge on any atom is -0.466 e. The predicted molar refractivity (Wildman–Crippen MR) is 78.5 cm³/mol. The number of nitrogens with one attached hydrogen (secondary N) is 1. The number of oxime groups is 1. The molecule has 1 aromatic rings. The number of rotatable bonds is 3. The second-order valence-electron chi connectivity index (χ2n) is 5.65. The molecule has 0 radical (unpaired) electrons. The lowest BCUT2D eigenvalue weighted by Gasteiger charge is -2.40. The van der Waals surface area contributed by atoms with Gasteiger partial charge in [-0.3, -0.25) is 4.79 Å². The second-order valence-corrected chi connectivity index (χ2v) is 5.65. The molecule has 7 heteroatoms. The second kappa shape index (κ2) is 5.77. The molecule has 4 N–H and O–H groups in total. The first-order valence-electron chi connectivity index (χ1n) is 6.94. The molecule has 0 bridgehead atoms. The van der Waals surface area contributed by atoms with E-state index in [9.17, 15) is 4.79 Å². The molecule has 2 heterocycles. The van der Waals surface area contributed by atoms with Crippen LogP contribution in [0.15, 0.2) is 15.6 Å². The van der Waals surface area contributed by atoms with Gasteiger partial charge in [0.15, 0.2) is 5.84 Å². The highest BCUT2D eigenvalue weighted by molar-refractivity contribution is 6.01. The first-order chi connectivity index (χ1) is 9.88. The Kier molecular flexibility index (Phi) is 4.22. The SMILES string of the molecule is Cc1cc(C(=O)NC2(/C(N)=N/O)CCN(C)CC2)c(C)o1. The minimum atomic E-state index is -0.810. The number of piperidine rings is 1. The summed E-state index contributed by atoms with van der Waals surface area (Å²) in [6.07, 6.45) is 1.20. The monoisotopic (exact) mass is 294 g/mol. The van der Waals surface area contributed by atoms with Gasteiger partial charge in [-0.05, 0) is 39.8 Å². The van der Waals surface area contributed by atoms with E-state index in [0.29, 0.717) is 29.9 Å². The van der Waals surface area contributed by atoms with Crippen LogP contribution in [0.2, 0.25) is 0 Å². The fraction of sp³-hybridized carbons (Fsp3) is 0.571. The Labute approximate surface area is 123 Å². The van der Waals surface area contributed by atoms with Crippen molar-refractivity contribution >= 4 is 11.7 Å². The number of nitrogens with two attached hydrogens (primary N) is 1. The van der Waals surface area contributed by atoms with Crippen molar-refractivity contribution in [3.05, 3.63) is 23.2 Å². The summed E-state index contributed by atoms with van der Waals surface area (Å²) in [6, 6.07) is 1.69. The van der Waals surface area contributed by atoms with Crippen molar-refractivity contribution in [3.8, 4) is 0 Å². The third kappa shape index (κ3) is 3.02. The quantitative estimate of drug-likeness (QED) is 0.331. The Hall–Kier alpha value is -2.02. The first-order valence-corrected chi connectivity index (χ1v) is 6.94. The van der Waals surface area contributed by atoms with E-state index in [4.69, 9.17) is 15.4 Å². The van der Waals surface area contributed by atoms with Crippen LogP contribution in [0.5, 0.6) is 0 Å². The number of carbonyl (C=O) groups excluding carboxylic acids is 1. The number of amidine groups is 1. The molecule has 1 aromatic heterocycles. The molecule has 1 saturated heterocycles. The van der Waals surface area contributed by atoms with Crippen LogP contribution < -0.4 is 11.1 Å². The van der Waals surface area contributed by atoms with Crippen molar-refractivity contribution in [2.45, 2.75) is 32.2 Å². The van der Waals surface area contributed by atoms with Gasteiger partial charge in [-0.15, -0.1) is 0 Å². The van der Waals surface area contributed by atoms with Gasteiger partial charge in [-0.25, -0.2) is 0 Å². The van der Waals surface area contributed by atoms with E-state index in [1.54, 1.807) is 19.9 Å². The van der Waals surface area contributed by atoms with Crippen LogP contribution in [-0.4, -0.2) is 47.5 Å². The van der Waals surface area contributed by atoms with Gasteiger partial charge >= 0.3 is 0 Å². The Morgan fingerprint density at radius 1 is 1.48 bits per heavy atom. The van der Waals surface area contributed by atoms with Crippen LogP contribution >= 0.6 is 0 Å². The molecular weight excluding hydrogens is 272 g/mol. The maximum absolute atomic E-state index is 12.5. The van der Waals surface area contributed by atoms with E-state index in [1.165, 1.54) is 0 Å². The average molecular weight is 294 g/mol. The van der Waals surface area contributed by atoms with Crippen molar-refractivity contribution in [3.63, 3.8) is 0 Å². The van der Waals surface area contributed by atoms with Crippen LogP contribution in [0.25, 0.3) is 0 Å². The highest BCUT2D eigenvalue weighted by Gasteiger charge is 2.40. The van der Waals surface area contributed by atoms with Crippen molar-refractivity contribution in [2.75, 3.05) is 20.1 Å². The zero-order valence-electron chi connectivity index (χ0n) is 12.6. The number of furan rings is 1. The van der Waals surface area contributed by atoms with Gasteiger partial charge in [0, 0.05) is 13.1 Å². The number of nitrogens with zero attached hydrogens (tertiary/aromatic N) is 2. The maximum Gasteiger partial charge on any atom is 0.255 e. The fourth-order valence-electron chi connectivity index (χ4n) is 2.68. The topological polar surface area (TPSA) is 104 Å². The smallest absolute Gasteiger partial charge is 0.255 e. The van der Waals surface area contributed by atoms with Gasteiger partial charge in [0.2, 0.25) is 0 Å². The average Bonchev–Trinajstić information content (AvgIpc) is 2.79. The van der Waals surface area contributed by atoms with Gasteiger partial charge in [-0.1, -0.05) is 5.16 Å². The van der Waals surface area contributed by atoms with Gasteiger partial charge in [0.25, 0.3) is 5.91 Å². The van der Waals surface area contributed by atoms with Crippen LogP contribution in [0, 0.1) is 13.8 Å². The molecule has 0 saturated carbocycles. The molecule has 1 aliphatic rings.